The lowest BCUT2D eigenvalue weighted by Gasteiger charge is -2.43. The molecule has 2 fully saturated rings. The smallest absolute Gasteiger partial charge is 0.0198 e. The Balaban J connectivity index is 1.38. The van der Waals surface area contributed by atoms with Gasteiger partial charge < -0.3 is 4.90 Å². The summed E-state index contributed by atoms with van der Waals surface area (Å²) < 4.78 is 0. The molecule has 0 radical (unpaired) electrons. The molecule has 1 aromatic rings. The van der Waals surface area contributed by atoms with Crippen LogP contribution >= 0.6 is 0 Å². The molecule has 2 saturated heterocycles. The van der Waals surface area contributed by atoms with Crippen LogP contribution in [0.15, 0.2) is 30.3 Å². The summed E-state index contributed by atoms with van der Waals surface area (Å²) in [6.07, 6.45) is 2.64. The van der Waals surface area contributed by atoms with Crippen molar-refractivity contribution in [1.82, 2.24) is 14.7 Å². The fraction of sp³-hybridized carbons (Fsp3) is 0.714. The van der Waals surface area contributed by atoms with E-state index in [1.54, 1.807) is 0 Å². The molecule has 2 aliphatic rings. The number of piperazine rings is 1. The zero-order valence-electron chi connectivity index (χ0n) is 15.8. The second kappa shape index (κ2) is 8.46. The Labute approximate surface area is 148 Å². The van der Waals surface area contributed by atoms with Crippen molar-refractivity contribution in [2.24, 2.45) is 0 Å². The second-order valence-electron chi connectivity index (χ2n) is 8.01. The van der Waals surface area contributed by atoms with E-state index in [1.807, 2.05) is 0 Å². The Hall–Kier alpha value is -0.900. The van der Waals surface area contributed by atoms with E-state index in [4.69, 9.17) is 0 Å². The molecular formula is C21H35N3. The third-order valence-electron chi connectivity index (χ3n) is 6.02. The van der Waals surface area contributed by atoms with Crippen molar-refractivity contribution in [3.63, 3.8) is 0 Å². The highest BCUT2D eigenvalue weighted by molar-refractivity contribution is 5.20. The normalized spacial score (nSPS) is 25.4. The maximum atomic E-state index is 2.68. The summed E-state index contributed by atoms with van der Waals surface area (Å²) in [5, 5.41) is 0. The van der Waals surface area contributed by atoms with Crippen molar-refractivity contribution >= 4 is 0 Å². The molecule has 0 bridgehead atoms. The molecule has 0 unspecified atom stereocenters. The molecule has 24 heavy (non-hydrogen) atoms. The van der Waals surface area contributed by atoms with Gasteiger partial charge in [0.2, 0.25) is 0 Å². The van der Waals surface area contributed by atoms with Crippen molar-refractivity contribution < 1.29 is 0 Å². The van der Waals surface area contributed by atoms with Gasteiger partial charge in [0, 0.05) is 44.8 Å². The quantitative estimate of drug-likeness (QED) is 0.821. The van der Waals surface area contributed by atoms with E-state index in [1.165, 1.54) is 64.2 Å². The van der Waals surface area contributed by atoms with Crippen molar-refractivity contribution in [3.05, 3.63) is 35.9 Å². The summed E-state index contributed by atoms with van der Waals surface area (Å²) in [6, 6.07) is 12.5. The summed E-state index contributed by atoms with van der Waals surface area (Å²) in [5.74, 6) is 0.775. The largest absolute Gasteiger partial charge is 0.302 e. The van der Waals surface area contributed by atoms with Crippen LogP contribution in [0.2, 0.25) is 0 Å². The van der Waals surface area contributed by atoms with Gasteiger partial charge in [-0.15, -0.1) is 0 Å². The predicted molar refractivity (Wildman–Crippen MR) is 103 cm³/mol. The van der Waals surface area contributed by atoms with Crippen LogP contribution < -0.4 is 0 Å². The highest BCUT2D eigenvalue weighted by Crippen LogP contribution is 2.27. The monoisotopic (exact) mass is 329 g/mol. The molecule has 3 nitrogen and oxygen atoms in total. The molecule has 3 rings (SSSR count). The van der Waals surface area contributed by atoms with Crippen LogP contribution in [0.5, 0.6) is 0 Å². The SMILES string of the molecule is CC(C)N1CCN(CCN2CCC(c3ccccc3)CC2)C[C@H]1C. The maximum absolute atomic E-state index is 2.68. The molecule has 0 aliphatic carbocycles. The molecule has 0 N–H and O–H groups in total. The van der Waals surface area contributed by atoms with Gasteiger partial charge in [-0.25, -0.2) is 0 Å². The van der Waals surface area contributed by atoms with Crippen LogP contribution in [-0.2, 0) is 0 Å². The topological polar surface area (TPSA) is 9.72 Å². The average molecular weight is 330 g/mol. The van der Waals surface area contributed by atoms with Crippen molar-refractivity contribution in [3.8, 4) is 0 Å². The van der Waals surface area contributed by atoms with Crippen LogP contribution in [0.3, 0.4) is 0 Å². The molecule has 0 aromatic heterocycles. The number of piperidine rings is 1. The van der Waals surface area contributed by atoms with Crippen LogP contribution in [0.4, 0.5) is 0 Å². The summed E-state index contributed by atoms with van der Waals surface area (Å²) in [4.78, 5) is 7.99. The Morgan fingerprint density at radius 1 is 0.917 bits per heavy atom. The molecule has 3 heteroatoms. The molecule has 0 saturated carbocycles. The Morgan fingerprint density at radius 2 is 1.58 bits per heavy atom. The van der Waals surface area contributed by atoms with Gasteiger partial charge >= 0.3 is 0 Å². The zero-order chi connectivity index (χ0) is 16.9. The number of hydrogen-bond donors (Lipinski definition) is 0. The fourth-order valence-corrected chi connectivity index (χ4v) is 4.52. The third-order valence-corrected chi connectivity index (χ3v) is 6.02. The molecule has 0 spiro atoms. The van der Waals surface area contributed by atoms with Gasteiger partial charge in [-0.1, -0.05) is 30.3 Å². The molecule has 1 atom stereocenters. The minimum absolute atomic E-state index is 0.680. The molecule has 2 heterocycles. The van der Waals surface area contributed by atoms with Crippen LogP contribution in [0, 0.1) is 0 Å². The van der Waals surface area contributed by atoms with Crippen molar-refractivity contribution in [1.29, 1.82) is 0 Å². The van der Waals surface area contributed by atoms with Gasteiger partial charge in [-0.3, -0.25) is 9.80 Å². The first-order chi connectivity index (χ1) is 11.6. The van der Waals surface area contributed by atoms with Crippen molar-refractivity contribution in [2.45, 2.75) is 51.6 Å². The summed E-state index contributed by atoms with van der Waals surface area (Å²) in [7, 11) is 0. The van der Waals surface area contributed by atoms with E-state index in [0.29, 0.717) is 12.1 Å². The summed E-state index contributed by atoms with van der Waals surface area (Å²) in [5.41, 5.74) is 1.54. The number of rotatable bonds is 5. The van der Waals surface area contributed by atoms with E-state index >= 15 is 0 Å². The minimum Gasteiger partial charge on any atom is -0.302 e. The Morgan fingerprint density at radius 3 is 2.21 bits per heavy atom. The summed E-state index contributed by atoms with van der Waals surface area (Å²) in [6.45, 7) is 15.8. The van der Waals surface area contributed by atoms with E-state index in [2.05, 4.69) is 65.8 Å². The number of nitrogens with zero attached hydrogens (tertiary/aromatic N) is 3. The number of likely N-dealkylation sites (tertiary alicyclic amines) is 1. The van der Waals surface area contributed by atoms with Gasteiger partial charge in [0.15, 0.2) is 0 Å². The average Bonchev–Trinajstić information content (AvgIpc) is 2.61. The fourth-order valence-electron chi connectivity index (χ4n) is 4.52. The highest BCUT2D eigenvalue weighted by Gasteiger charge is 2.26. The lowest BCUT2D eigenvalue weighted by molar-refractivity contribution is 0.0528. The molecular weight excluding hydrogens is 294 g/mol. The van der Waals surface area contributed by atoms with Gasteiger partial charge in [0.1, 0.15) is 0 Å². The lowest BCUT2D eigenvalue weighted by Crippen LogP contribution is -2.55. The van der Waals surface area contributed by atoms with Crippen molar-refractivity contribution in [2.75, 3.05) is 45.8 Å². The molecule has 1 aromatic carbocycles. The van der Waals surface area contributed by atoms with Crippen LogP contribution in [0.25, 0.3) is 0 Å². The first-order valence-electron chi connectivity index (χ1n) is 9.89. The van der Waals surface area contributed by atoms with E-state index in [-0.39, 0.29) is 0 Å². The lowest BCUT2D eigenvalue weighted by atomic mass is 9.89. The predicted octanol–water partition coefficient (Wildman–Crippen LogP) is 3.28. The Kier molecular flexibility index (Phi) is 6.31. The minimum atomic E-state index is 0.680. The van der Waals surface area contributed by atoms with Gasteiger partial charge in [-0.05, 0) is 58.2 Å². The number of hydrogen-bond acceptors (Lipinski definition) is 3. The second-order valence-corrected chi connectivity index (χ2v) is 8.01. The van der Waals surface area contributed by atoms with E-state index < -0.39 is 0 Å². The van der Waals surface area contributed by atoms with Gasteiger partial charge in [0.25, 0.3) is 0 Å². The maximum Gasteiger partial charge on any atom is 0.0198 e. The van der Waals surface area contributed by atoms with Gasteiger partial charge in [0.05, 0.1) is 0 Å². The van der Waals surface area contributed by atoms with Gasteiger partial charge in [-0.2, -0.15) is 0 Å². The number of benzene rings is 1. The first kappa shape index (κ1) is 17.9. The highest BCUT2D eigenvalue weighted by atomic mass is 15.3. The molecule has 0 amide bonds. The van der Waals surface area contributed by atoms with E-state index in [9.17, 15) is 0 Å². The standard InChI is InChI=1S/C21H35N3/c1-18(2)24-16-15-23(17-19(24)3)14-13-22-11-9-21(10-12-22)20-7-5-4-6-8-20/h4-8,18-19,21H,9-17H2,1-3H3/t19-/m1/s1. The van der Waals surface area contributed by atoms with Crippen LogP contribution in [0.1, 0.15) is 45.1 Å². The molecule has 134 valence electrons. The third kappa shape index (κ3) is 4.59. The van der Waals surface area contributed by atoms with E-state index in [0.717, 1.165) is 5.92 Å². The first-order valence-corrected chi connectivity index (χ1v) is 9.89. The Bertz CT molecular complexity index is 479. The molecule has 2 aliphatic heterocycles. The van der Waals surface area contributed by atoms with Crippen LogP contribution in [-0.4, -0.2) is 72.6 Å². The summed E-state index contributed by atoms with van der Waals surface area (Å²) >= 11 is 0. The zero-order valence-corrected chi connectivity index (χ0v) is 15.8.